The zero-order valence-electron chi connectivity index (χ0n) is 11.8. The van der Waals surface area contributed by atoms with Crippen molar-refractivity contribution in [2.24, 2.45) is 5.73 Å². The summed E-state index contributed by atoms with van der Waals surface area (Å²) in [6.45, 7) is 3.62. The molecule has 0 spiro atoms. The summed E-state index contributed by atoms with van der Waals surface area (Å²) in [6.07, 6.45) is 6.08. The van der Waals surface area contributed by atoms with E-state index in [0.29, 0.717) is 13.2 Å². The second-order valence-electron chi connectivity index (χ2n) is 5.79. The Kier molecular flexibility index (Phi) is 5.19. The van der Waals surface area contributed by atoms with Crippen molar-refractivity contribution in [3.63, 3.8) is 0 Å². The summed E-state index contributed by atoms with van der Waals surface area (Å²) in [5.41, 5.74) is 5.62. The molecule has 3 N–H and O–H groups in total. The third-order valence-electron chi connectivity index (χ3n) is 4.27. The van der Waals surface area contributed by atoms with Gasteiger partial charge in [-0.1, -0.05) is 12.8 Å². The van der Waals surface area contributed by atoms with E-state index in [0.717, 1.165) is 45.1 Å². The summed E-state index contributed by atoms with van der Waals surface area (Å²) in [5.74, 6) is -0.0506. The monoisotopic (exact) mass is 270 g/mol. The van der Waals surface area contributed by atoms with Crippen molar-refractivity contribution in [2.75, 3.05) is 19.8 Å². The zero-order chi connectivity index (χ0) is 13.7. The zero-order valence-corrected chi connectivity index (χ0v) is 11.8. The van der Waals surface area contributed by atoms with E-state index >= 15 is 0 Å². The van der Waals surface area contributed by atoms with Crippen LogP contribution in [-0.2, 0) is 14.3 Å². The molecule has 1 aliphatic heterocycles. The summed E-state index contributed by atoms with van der Waals surface area (Å²) in [4.78, 5) is 12.1. The van der Waals surface area contributed by atoms with Gasteiger partial charge in [0.2, 0.25) is 5.91 Å². The predicted octanol–water partition coefficient (Wildman–Crippen LogP) is 0.958. The fraction of sp³-hybridized carbons (Fsp3) is 0.929. The number of ether oxygens (including phenoxy) is 2. The van der Waals surface area contributed by atoms with E-state index in [-0.39, 0.29) is 17.6 Å². The SMILES string of the molecule is CC(OCC1CCCO1)C(=O)NC1(CN)CCCC1. The lowest BCUT2D eigenvalue weighted by atomic mass is 9.97. The third-order valence-corrected chi connectivity index (χ3v) is 4.27. The molecule has 1 saturated carbocycles. The van der Waals surface area contributed by atoms with Gasteiger partial charge in [0.15, 0.2) is 0 Å². The first-order valence-corrected chi connectivity index (χ1v) is 7.40. The van der Waals surface area contributed by atoms with Gasteiger partial charge in [-0.3, -0.25) is 4.79 Å². The minimum Gasteiger partial charge on any atom is -0.376 e. The average Bonchev–Trinajstić information content (AvgIpc) is 3.07. The van der Waals surface area contributed by atoms with Crippen molar-refractivity contribution in [3.8, 4) is 0 Å². The van der Waals surface area contributed by atoms with Gasteiger partial charge in [0, 0.05) is 13.2 Å². The van der Waals surface area contributed by atoms with Gasteiger partial charge in [0.25, 0.3) is 0 Å². The summed E-state index contributed by atoms with van der Waals surface area (Å²) in [5, 5.41) is 3.09. The molecule has 0 aromatic heterocycles. The molecule has 19 heavy (non-hydrogen) atoms. The van der Waals surface area contributed by atoms with Crippen molar-refractivity contribution in [1.29, 1.82) is 0 Å². The van der Waals surface area contributed by atoms with E-state index < -0.39 is 6.10 Å². The number of nitrogens with one attached hydrogen (secondary N) is 1. The maximum Gasteiger partial charge on any atom is 0.249 e. The molecule has 1 amide bonds. The standard InChI is InChI=1S/C14H26N2O3/c1-11(19-9-12-5-4-8-18-12)13(17)16-14(10-15)6-2-3-7-14/h11-12H,2-10,15H2,1H3,(H,16,17). The van der Waals surface area contributed by atoms with Crippen LogP contribution in [0.25, 0.3) is 0 Å². The Balaban J connectivity index is 1.74. The summed E-state index contributed by atoms with van der Waals surface area (Å²) >= 11 is 0. The number of amides is 1. The van der Waals surface area contributed by atoms with Crippen LogP contribution >= 0.6 is 0 Å². The van der Waals surface area contributed by atoms with E-state index in [9.17, 15) is 4.79 Å². The third kappa shape index (κ3) is 3.91. The molecule has 2 rings (SSSR count). The molecule has 2 atom stereocenters. The number of nitrogens with two attached hydrogens (primary N) is 1. The second kappa shape index (κ2) is 6.68. The first kappa shape index (κ1) is 14.8. The van der Waals surface area contributed by atoms with E-state index in [1.807, 2.05) is 0 Å². The molecule has 1 heterocycles. The van der Waals surface area contributed by atoms with Gasteiger partial charge in [0.1, 0.15) is 6.10 Å². The molecule has 0 radical (unpaired) electrons. The molecule has 2 unspecified atom stereocenters. The number of rotatable bonds is 6. The fourth-order valence-corrected chi connectivity index (χ4v) is 2.90. The summed E-state index contributed by atoms with van der Waals surface area (Å²) < 4.78 is 11.1. The Bertz CT molecular complexity index is 297. The van der Waals surface area contributed by atoms with Crippen LogP contribution in [0.4, 0.5) is 0 Å². The Labute approximate surface area is 115 Å². The van der Waals surface area contributed by atoms with Crippen molar-refractivity contribution in [1.82, 2.24) is 5.32 Å². The van der Waals surface area contributed by atoms with Crippen LogP contribution in [0.3, 0.4) is 0 Å². The van der Waals surface area contributed by atoms with Gasteiger partial charge < -0.3 is 20.5 Å². The van der Waals surface area contributed by atoms with Gasteiger partial charge >= 0.3 is 0 Å². The van der Waals surface area contributed by atoms with E-state index in [2.05, 4.69) is 5.32 Å². The minimum absolute atomic E-state index is 0.0506. The largest absolute Gasteiger partial charge is 0.376 e. The maximum absolute atomic E-state index is 12.1. The van der Waals surface area contributed by atoms with Crippen molar-refractivity contribution >= 4 is 5.91 Å². The highest BCUT2D eigenvalue weighted by atomic mass is 16.5. The molecule has 0 aromatic rings. The molecule has 1 saturated heterocycles. The van der Waals surface area contributed by atoms with Crippen molar-refractivity contribution in [2.45, 2.75) is 63.2 Å². The van der Waals surface area contributed by atoms with Crippen LogP contribution in [0.5, 0.6) is 0 Å². The Morgan fingerprint density at radius 1 is 1.47 bits per heavy atom. The number of carbonyl (C=O) groups is 1. The molecule has 2 fully saturated rings. The van der Waals surface area contributed by atoms with Crippen LogP contribution in [0.1, 0.15) is 45.4 Å². The topological polar surface area (TPSA) is 73.6 Å². The summed E-state index contributed by atoms with van der Waals surface area (Å²) in [6, 6.07) is 0. The molecule has 1 aliphatic carbocycles. The molecule has 5 heteroatoms. The van der Waals surface area contributed by atoms with E-state index in [1.165, 1.54) is 0 Å². The highest BCUT2D eigenvalue weighted by Gasteiger charge is 2.35. The van der Waals surface area contributed by atoms with Gasteiger partial charge in [-0.25, -0.2) is 0 Å². The van der Waals surface area contributed by atoms with Crippen molar-refractivity contribution in [3.05, 3.63) is 0 Å². The molecule has 5 nitrogen and oxygen atoms in total. The lowest BCUT2D eigenvalue weighted by molar-refractivity contribution is -0.135. The predicted molar refractivity (Wildman–Crippen MR) is 72.8 cm³/mol. The molecule has 0 bridgehead atoms. The van der Waals surface area contributed by atoms with Gasteiger partial charge in [-0.05, 0) is 32.6 Å². The van der Waals surface area contributed by atoms with E-state index in [1.54, 1.807) is 6.92 Å². The van der Waals surface area contributed by atoms with Crippen LogP contribution in [0.2, 0.25) is 0 Å². The number of hydrogen-bond donors (Lipinski definition) is 2. The molecule has 2 aliphatic rings. The average molecular weight is 270 g/mol. The molecule has 0 aromatic carbocycles. The van der Waals surface area contributed by atoms with Crippen LogP contribution in [0, 0.1) is 0 Å². The molecular formula is C14H26N2O3. The maximum atomic E-state index is 12.1. The van der Waals surface area contributed by atoms with Crippen LogP contribution < -0.4 is 11.1 Å². The Hall–Kier alpha value is -0.650. The van der Waals surface area contributed by atoms with Crippen molar-refractivity contribution < 1.29 is 14.3 Å². The highest BCUT2D eigenvalue weighted by Crippen LogP contribution is 2.28. The highest BCUT2D eigenvalue weighted by molar-refractivity contribution is 5.81. The second-order valence-corrected chi connectivity index (χ2v) is 5.79. The van der Waals surface area contributed by atoms with Gasteiger partial charge in [-0.15, -0.1) is 0 Å². The Morgan fingerprint density at radius 3 is 2.79 bits per heavy atom. The first-order valence-electron chi connectivity index (χ1n) is 7.40. The Morgan fingerprint density at radius 2 is 2.21 bits per heavy atom. The van der Waals surface area contributed by atoms with Crippen LogP contribution in [0.15, 0.2) is 0 Å². The lowest BCUT2D eigenvalue weighted by Gasteiger charge is -2.30. The molecule has 110 valence electrons. The normalized spacial score (nSPS) is 27.4. The van der Waals surface area contributed by atoms with Crippen LogP contribution in [-0.4, -0.2) is 43.4 Å². The summed E-state index contributed by atoms with van der Waals surface area (Å²) in [7, 11) is 0. The van der Waals surface area contributed by atoms with Gasteiger partial charge in [0.05, 0.1) is 18.2 Å². The van der Waals surface area contributed by atoms with E-state index in [4.69, 9.17) is 15.2 Å². The number of hydrogen-bond acceptors (Lipinski definition) is 4. The first-order chi connectivity index (χ1) is 9.15. The number of carbonyl (C=O) groups excluding carboxylic acids is 1. The quantitative estimate of drug-likeness (QED) is 0.754. The van der Waals surface area contributed by atoms with Gasteiger partial charge in [-0.2, -0.15) is 0 Å². The fourth-order valence-electron chi connectivity index (χ4n) is 2.90. The minimum atomic E-state index is -0.437. The smallest absolute Gasteiger partial charge is 0.249 e. The molecular weight excluding hydrogens is 244 g/mol. The lowest BCUT2D eigenvalue weighted by Crippen LogP contribution is -2.54.